The third-order valence-electron chi connectivity index (χ3n) is 3.48. The molecule has 0 radical (unpaired) electrons. The minimum absolute atomic E-state index is 0.139. The Morgan fingerprint density at radius 2 is 1.94 bits per heavy atom. The Bertz CT molecular complexity index is 375. The summed E-state index contributed by atoms with van der Waals surface area (Å²) in [6, 6.07) is 2.35. The minimum atomic E-state index is 0.139. The zero-order valence-electron chi connectivity index (χ0n) is 11.5. The van der Waals surface area contributed by atoms with Crippen molar-refractivity contribution in [3.63, 3.8) is 0 Å². The number of anilines is 1. The van der Waals surface area contributed by atoms with Crippen LogP contribution in [0.25, 0.3) is 0 Å². The van der Waals surface area contributed by atoms with Gasteiger partial charge in [-0.2, -0.15) is 0 Å². The van der Waals surface area contributed by atoms with Gasteiger partial charge < -0.3 is 10.1 Å². The van der Waals surface area contributed by atoms with Gasteiger partial charge in [-0.3, -0.25) is 0 Å². The van der Waals surface area contributed by atoms with Gasteiger partial charge in [-0.25, -0.2) is 9.97 Å². The summed E-state index contributed by atoms with van der Waals surface area (Å²) in [5.74, 6) is 2.27. The average molecular weight is 249 g/mol. The van der Waals surface area contributed by atoms with Gasteiger partial charge >= 0.3 is 0 Å². The first-order valence-corrected chi connectivity index (χ1v) is 6.90. The molecule has 2 rings (SSSR count). The molecule has 4 heteroatoms. The first-order valence-electron chi connectivity index (χ1n) is 6.90. The summed E-state index contributed by atoms with van der Waals surface area (Å²) >= 11 is 0. The molecule has 1 aromatic heterocycles. The zero-order valence-corrected chi connectivity index (χ0v) is 11.5. The summed E-state index contributed by atoms with van der Waals surface area (Å²) in [7, 11) is 0. The topological polar surface area (TPSA) is 47.0 Å². The van der Waals surface area contributed by atoms with E-state index in [1.807, 2.05) is 19.9 Å². The van der Waals surface area contributed by atoms with Crippen LogP contribution >= 0.6 is 0 Å². The maximum atomic E-state index is 5.57. The average Bonchev–Trinajstić information content (AvgIpc) is 2.81. The van der Waals surface area contributed by atoms with Crippen molar-refractivity contribution in [2.45, 2.75) is 58.6 Å². The second-order valence-electron chi connectivity index (χ2n) is 5.39. The monoisotopic (exact) mass is 249 g/mol. The highest BCUT2D eigenvalue weighted by atomic mass is 16.5. The van der Waals surface area contributed by atoms with Crippen molar-refractivity contribution in [2.24, 2.45) is 5.92 Å². The van der Waals surface area contributed by atoms with Crippen molar-refractivity contribution in [3.05, 3.63) is 12.4 Å². The maximum absolute atomic E-state index is 5.57. The molecule has 1 N–H and O–H groups in total. The molecule has 0 spiro atoms. The lowest BCUT2D eigenvalue weighted by molar-refractivity contribution is 0.232. The van der Waals surface area contributed by atoms with E-state index in [1.165, 1.54) is 25.7 Å². The van der Waals surface area contributed by atoms with Crippen molar-refractivity contribution in [1.29, 1.82) is 0 Å². The summed E-state index contributed by atoms with van der Waals surface area (Å²) < 4.78 is 5.57. The molecule has 4 nitrogen and oxygen atoms in total. The van der Waals surface area contributed by atoms with Gasteiger partial charge in [0, 0.05) is 12.1 Å². The van der Waals surface area contributed by atoms with Crippen molar-refractivity contribution < 1.29 is 4.74 Å². The smallest absolute Gasteiger partial charge is 0.218 e. The Balaban J connectivity index is 1.95. The zero-order chi connectivity index (χ0) is 13.0. The molecule has 0 saturated heterocycles. The van der Waals surface area contributed by atoms with Gasteiger partial charge in [0.2, 0.25) is 5.88 Å². The molecule has 1 aliphatic carbocycles. The lowest BCUT2D eigenvalue weighted by Gasteiger charge is -2.21. The van der Waals surface area contributed by atoms with E-state index in [-0.39, 0.29) is 6.10 Å². The van der Waals surface area contributed by atoms with Crippen LogP contribution in [0.4, 0.5) is 5.82 Å². The van der Waals surface area contributed by atoms with E-state index >= 15 is 0 Å². The molecule has 1 fully saturated rings. The van der Waals surface area contributed by atoms with Crippen molar-refractivity contribution in [3.8, 4) is 5.88 Å². The van der Waals surface area contributed by atoms with E-state index in [0.717, 1.165) is 11.7 Å². The molecule has 0 bridgehead atoms. The predicted octanol–water partition coefficient (Wildman–Crippen LogP) is 3.25. The molecule has 0 amide bonds. The van der Waals surface area contributed by atoms with Crippen LogP contribution in [0, 0.1) is 5.92 Å². The highest BCUT2D eigenvalue weighted by Crippen LogP contribution is 2.29. The van der Waals surface area contributed by atoms with Gasteiger partial charge in [-0.1, -0.05) is 12.8 Å². The van der Waals surface area contributed by atoms with Crippen LogP contribution in [0.2, 0.25) is 0 Å². The molecule has 1 unspecified atom stereocenters. The molecule has 1 heterocycles. The summed E-state index contributed by atoms with van der Waals surface area (Å²) in [6.07, 6.45) is 7.08. The fourth-order valence-corrected chi connectivity index (χ4v) is 2.53. The van der Waals surface area contributed by atoms with Crippen LogP contribution in [-0.2, 0) is 0 Å². The summed E-state index contributed by atoms with van der Waals surface area (Å²) in [6.45, 7) is 6.23. The molecular formula is C14H23N3O. The van der Waals surface area contributed by atoms with Crippen molar-refractivity contribution >= 4 is 5.82 Å². The molecular weight excluding hydrogens is 226 g/mol. The number of hydrogen-bond donors (Lipinski definition) is 1. The Morgan fingerprint density at radius 3 is 2.61 bits per heavy atom. The Morgan fingerprint density at radius 1 is 1.22 bits per heavy atom. The Kier molecular flexibility index (Phi) is 4.39. The number of hydrogen-bond acceptors (Lipinski definition) is 4. The number of nitrogens with zero attached hydrogens (tertiary/aromatic N) is 2. The van der Waals surface area contributed by atoms with E-state index in [9.17, 15) is 0 Å². The van der Waals surface area contributed by atoms with E-state index in [4.69, 9.17) is 4.74 Å². The Hall–Kier alpha value is -1.32. The normalized spacial score (nSPS) is 18.0. The van der Waals surface area contributed by atoms with Crippen LogP contribution in [0.1, 0.15) is 46.5 Å². The van der Waals surface area contributed by atoms with Gasteiger partial charge in [0.25, 0.3) is 0 Å². The molecule has 1 aromatic rings. The molecule has 0 aromatic carbocycles. The molecule has 1 saturated carbocycles. The first-order chi connectivity index (χ1) is 8.65. The molecule has 18 heavy (non-hydrogen) atoms. The van der Waals surface area contributed by atoms with Crippen LogP contribution in [0.15, 0.2) is 12.4 Å². The summed E-state index contributed by atoms with van der Waals surface area (Å²) in [4.78, 5) is 8.37. The van der Waals surface area contributed by atoms with Crippen molar-refractivity contribution in [1.82, 2.24) is 9.97 Å². The third kappa shape index (κ3) is 3.59. The van der Waals surface area contributed by atoms with Crippen LogP contribution in [0.5, 0.6) is 5.88 Å². The van der Waals surface area contributed by atoms with Gasteiger partial charge in [0.05, 0.1) is 6.10 Å². The third-order valence-corrected chi connectivity index (χ3v) is 3.48. The second-order valence-corrected chi connectivity index (χ2v) is 5.39. The van der Waals surface area contributed by atoms with Crippen LogP contribution in [-0.4, -0.2) is 22.1 Å². The standard InChI is InChI=1S/C14H23N3O/c1-10(2)18-14-8-13(15-9-16-14)17-11(3)12-6-4-5-7-12/h8-12H,4-7H2,1-3H3,(H,15,16,17). The van der Waals surface area contributed by atoms with E-state index in [1.54, 1.807) is 6.33 Å². The highest BCUT2D eigenvalue weighted by molar-refractivity contribution is 5.38. The number of aromatic nitrogens is 2. The largest absolute Gasteiger partial charge is 0.475 e. The van der Waals surface area contributed by atoms with Gasteiger partial charge in [-0.05, 0) is 39.5 Å². The fraction of sp³-hybridized carbons (Fsp3) is 0.714. The molecule has 1 aliphatic rings. The van der Waals surface area contributed by atoms with Crippen LogP contribution in [0.3, 0.4) is 0 Å². The number of rotatable bonds is 5. The highest BCUT2D eigenvalue weighted by Gasteiger charge is 2.21. The SMILES string of the molecule is CC(C)Oc1cc(NC(C)C2CCCC2)ncn1. The lowest BCUT2D eigenvalue weighted by atomic mass is 10.00. The van der Waals surface area contributed by atoms with Gasteiger partial charge in [-0.15, -0.1) is 0 Å². The van der Waals surface area contributed by atoms with E-state index in [2.05, 4.69) is 22.2 Å². The summed E-state index contributed by atoms with van der Waals surface area (Å²) in [5, 5.41) is 3.47. The number of ether oxygens (including phenoxy) is 1. The Labute approximate surface area is 109 Å². The second kappa shape index (κ2) is 6.03. The fourth-order valence-electron chi connectivity index (χ4n) is 2.53. The van der Waals surface area contributed by atoms with Crippen molar-refractivity contribution in [2.75, 3.05) is 5.32 Å². The molecule has 0 aliphatic heterocycles. The van der Waals surface area contributed by atoms with Gasteiger partial charge in [0.1, 0.15) is 12.1 Å². The maximum Gasteiger partial charge on any atom is 0.218 e. The minimum Gasteiger partial charge on any atom is -0.475 e. The van der Waals surface area contributed by atoms with E-state index < -0.39 is 0 Å². The van der Waals surface area contributed by atoms with Gasteiger partial charge in [0.15, 0.2) is 0 Å². The van der Waals surface area contributed by atoms with Crippen LogP contribution < -0.4 is 10.1 Å². The predicted molar refractivity (Wildman–Crippen MR) is 72.8 cm³/mol. The quantitative estimate of drug-likeness (QED) is 0.870. The summed E-state index contributed by atoms with van der Waals surface area (Å²) in [5.41, 5.74) is 0. The van der Waals surface area contributed by atoms with E-state index in [0.29, 0.717) is 11.9 Å². The molecule has 1 atom stereocenters. The molecule has 100 valence electrons. The lowest BCUT2D eigenvalue weighted by Crippen LogP contribution is -2.24. The first kappa shape index (κ1) is 13.1. The number of nitrogens with one attached hydrogen (secondary N) is 1.